The van der Waals surface area contributed by atoms with Crippen molar-refractivity contribution in [1.29, 1.82) is 0 Å². The van der Waals surface area contributed by atoms with Crippen LogP contribution < -0.4 is 0 Å². The molecular formula is C16H18. The van der Waals surface area contributed by atoms with Gasteiger partial charge in [0.25, 0.3) is 0 Å². The minimum atomic E-state index is 1.04. The van der Waals surface area contributed by atoms with Crippen LogP contribution in [0.3, 0.4) is 0 Å². The van der Waals surface area contributed by atoms with Gasteiger partial charge in [-0.15, -0.1) is 0 Å². The maximum Gasteiger partial charge on any atom is -0.0152 e. The Bertz CT molecular complexity index is 428. The van der Waals surface area contributed by atoms with Crippen LogP contribution in [0.25, 0.3) is 23.3 Å². The van der Waals surface area contributed by atoms with Crippen LogP contribution in [-0.2, 0) is 0 Å². The molecule has 0 nitrogen and oxygen atoms in total. The molecule has 0 aliphatic heterocycles. The number of hydrogen-bond donors (Lipinski definition) is 0. The SMILES string of the molecule is C=Cc1cc(C(=C)C)c(C(=C)C)cc1C=C. The maximum atomic E-state index is 4.00. The molecule has 0 bridgehead atoms. The zero-order chi connectivity index (χ0) is 12.3. The fourth-order valence-corrected chi connectivity index (χ4v) is 1.69. The van der Waals surface area contributed by atoms with E-state index in [1.54, 1.807) is 0 Å². The molecule has 0 heteroatoms. The summed E-state index contributed by atoms with van der Waals surface area (Å²) in [4.78, 5) is 0. The van der Waals surface area contributed by atoms with Gasteiger partial charge in [-0.1, -0.05) is 49.6 Å². The van der Waals surface area contributed by atoms with Gasteiger partial charge < -0.3 is 0 Å². The normalized spacial score (nSPS) is 9.62. The molecule has 0 unspecified atom stereocenters. The molecule has 1 rings (SSSR count). The van der Waals surface area contributed by atoms with Crippen LogP contribution in [0.2, 0.25) is 0 Å². The van der Waals surface area contributed by atoms with Gasteiger partial charge in [-0.2, -0.15) is 0 Å². The van der Waals surface area contributed by atoms with E-state index in [9.17, 15) is 0 Å². The van der Waals surface area contributed by atoms with Gasteiger partial charge in [0.1, 0.15) is 0 Å². The van der Waals surface area contributed by atoms with Gasteiger partial charge in [0.05, 0.1) is 0 Å². The Morgan fingerprint density at radius 1 is 0.875 bits per heavy atom. The fraction of sp³-hybridized carbons (Fsp3) is 0.125. The molecule has 0 aliphatic rings. The van der Waals surface area contributed by atoms with E-state index in [-0.39, 0.29) is 0 Å². The molecule has 1 aromatic carbocycles. The first-order chi connectivity index (χ1) is 7.51. The number of allylic oxidation sites excluding steroid dienone is 2. The molecule has 0 aliphatic carbocycles. The van der Waals surface area contributed by atoms with Crippen molar-refractivity contribution in [3.05, 3.63) is 60.7 Å². The Kier molecular flexibility index (Phi) is 3.68. The second-order valence-corrected chi connectivity index (χ2v) is 4.00. The molecule has 0 aromatic heterocycles. The molecule has 0 saturated carbocycles. The van der Waals surface area contributed by atoms with Crippen molar-refractivity contribution >= 4 is 23.3 Å². The molecule has 0 heterocycles. The van der Waals surface area contributed by atoms with Crippen LogP contribution in [0.15, 0.2) is 38.4 Å². The summed E-state index contributed by atoms with van der Waals surface area (Å²) >= 11 is 0. The van der Waals surface area contributed by atoms with Gasteiger partial charge in [0.2, 0.25) is 0 Å². The summed E-state index contributed by atoms with van der Waals surface area (Å²) in [6.45, 7) is 19.6. The summed E-state index contributed by atoms with van der Waals surface area (Å²) in [7, 11) is 0. The Hall–Kier alpha value is -1.82. The molecule has 0 radical (unpaired) electrons. The number of benzene rings is 1. The van der Waals surface area contributed by atoms with Gasteiger partial charge in [-0.3, -0.25) is 0 Å². The molecule has 0 atom stereocenters. The molecule has 0 fully saturated rings. The number of rotatable bonds is 4. The van der Waals surface area contributed by atoms with E-state index in [4.69, 9.17) is 0 Å². The second-order valence-electron chi connectivity index (χ2n) is 4.00. The summed E-state index contributed by atoms with van der Waals surface area (Å²) < 4.78 is 0. The quantitative estimate of drug-likeness (QED) is 0.653. The van der Waals surface area contributed by atoms with Gasteiger partial charge in [-0.05, 0) is 48.2 Å². The Morgan fingerprint density at radius 3 is 1.38 bits per heavy atom. The van der Waals surface area contributed by atoms with E-state index >= 15 is 0 Å². The fourth-order valence-electron chi connectivity index (χ4n) is 1.69. The lowest BCUT2D eigenvalue weighted by Crippen LogP contribution is -1.93. The Morgan fingerprint density at radius 2 is 1.19 bits per heavy atom. The van der Waals surface area contributed by atoms with Crippen molar-refractivity contribution < 1.29 is 0 Å². The molecule has 0 N–H and O–H groups in total. The van der Waals surface area contributed by atoms with Crippen LogP contribution in [0, 0.1) is 0 Å². The molecule has 0 spiro atoms. The van der Waals surface area contributed by atoms with E-state index in [1.165, 1.54) is 0 Å². The largest absolute Gasteiger partial charge is 0.0984 e. The van der Waals surface area contributed by atoms with Crippen LogP contribution in [0.4, 0.5) is 0 Å². The predicted octanol–water partition coefficient (Wildman–Crippen LogP) is 5.04. The highest BCUT2D eigenvalue weighted by atomic mass is 14.1. The Labute approximate surface area is 98.3 Å². The van der Waals surface area contributed by atoms with Crippen molar-refractivity contribution in [2.45, 2.75) is 13.8 Å². The highest BCUT2D eigenvalue weighted by molar-refractivity contribution is 5.81. The minimum absolute atomic E-state index is 1.04. The Balaban J connectivity index is 3.59. The lowest BCUT2D eigenvalue weighted by Gasteiger charge is -2.13. The molecule has 0 saturated heterocycles. The second kappa shape index (κ2) is 4.80. The van der Waals surface area contributed by atoms with Gasteiger partial charge in [0.15, 0.2) is 0 Å². The predicted molar refractivity (Wildman–Crippen MR) is 76.0 cm³/mol. The lowest BCUT2D eigenvalue weighted by atomic mass is 9.92. The zero-order valence-corrected chi connectivity index (χ0v) is 10.1. The van der Waals surface area contributed by atoms with E-state index < -0.39 is 0 Å². The standard InChI is InChI=1S/C16H18/c1-7-13-9-15(11(3)4)16(12(5)6)10-14(13)8-2/h7-10H,1-3,5H2,4,6H3. The smallest absolute Gasteiger partial charge is 0.0152 e. The molecule has 1 aromatic rings. The highest BCUT2D eigenvalue weighted by Crippen LogP contribution is 2.28. The lowest BCUT2D eigenvalue weighted by molar-refractivity contribution is 1.47. The van der Waals surface area contributed by atoms with Crippen molar-refractivity contribution in [2.75, 3.05) is 0 Å². The van der Waals surface area contributed by atoms with E-state index in [2.05, 4.69) is 38.4 Å². The van der Waals surface area contributed by atoms with Crippen LogP contribution in [0.1, 0.15) is 36.1 Å². The summed E-state index contributed by atoms with van der Waals surface area (Å²) in [5, 5.41) is 0. The van der Waals surface area contributed by atoms with Crippen LogP contribution in [-0.4, -0.2) is 0 Å². The monoisotopic (exact) mass is 210 g/mol. The van der Waals surface area contributed by atoms with Crippen molar-refractivity contribution in [3.63, 3.8) is 0 Å². The number of hydrogen-bond acceptors (Lipinski definition) is 0. The molecule has 0 amide bonds. The zero-order valence-electron chi connectivity index (χ0n) is 10.1. The van der Waals surface area contributed by atoms with Crippen LogP contribution in [0.5, 0.6) is 0 Å². The molecular weight excluding hydrogens is 192 g/mol. The van der Waals surface area contributed by atoms with Gasteiger partial charge >= 0.3 is 0 Å². The summed E-state index contributed by atoms with van der Waals surface area (Å²) in [6, 6.07) is 4.19. The first-order valence-corrected chi connectivity index (χ1v) is 5.26. The minimum Gasteiger partial charge on any atom is -0.0984 e. The topological polar surface area (TPSA) is 0 Å². The first-order valence-electron chi connectivity index (χ1n) is 5.26. The first kappa shape index (κ1) is 12.3. The van der Waals surface area contributed by atoms with Crippen molar-refractivity contribution in [3.8, 4) is 0 Å². The van der Waals surface area contributed by atoms with Crippen molar-refractivity contribution in [2.24, 2.45) is 0 Å². The third-order valence-electron chi connectivity index (χ3n) is 2.58. The average molecular weight is 210 g/mol. The van der Waals surface area contributed by atoms with Gasteiger partial charge in [0, 0.05) is 0 Å². The van der Waals surface area contributed by atoms with E-state index in [0.717, 1.165) is 33.4 Å². The summed E-state index contributed by atoms with van der Waals surface area (Å²) in [5.41, 5.74) is 6.51. The van der Waals surface area contributed by atoms with Crippen LogP contribution >= 0.6 is 0 Å². The van der Waals surface area contributed by atoms with Crippen molar-refractivity contribution in [1.82, 2.24) is 0 Å². The van der Waals surface area contributed by atoms with E-state index in [0.29, 0.717) is 0 Å². The van der Waals surface area contributed by atoms with E-state index in [1.807, 2.05) is 26.0 Å². The summed E-state index contributed by atoms with van der Waals surface area (Å²) in [6.07, 6.45) is 3.68. The summed E-state index contributed by atoms with van der Waals surface area (Å²) in [5.74, 6) is 0. The maximum absolute atomic E-state index is 4.00. The highest BCUT2D eigenvalue weighted by Gasteiger charge is 2.07. The molecule has 16 heavy (non-hydrogen) atoms. The van der Waals surface area contributed by atoms with Gasteiger partial charge in [-0.25, -0.2) is 0 Å². The third-order valence-corrected chi connectivity index (χ3v) is 2.58. The average Bonchev–Trinajstić information content (AvgIpc) is 2.26. The third kappa shape index (κ3) is 2.22. The molecule has 82 valence electrons.